The second-order valence-electron chi connectivity index (χ2n) is 4.51. The molecule has 0 fully saturated rings. The summed E-state index contributed by atoms with van der Waals surface area (Å²) in [6.45, 7) is 3.44. The number of nitrogens with zero attached hydrogens (tertiary/aromatic N) is 2. The van der Waals surface area contributed by atoms with Crippen LogP contribution in [0.3, 0.4) is 0 Å². The Morgan fingerprint density at radius 1 is 1.29 bits per heavy atom. The Bertz CT molecular complexity index is 561. The Hall–Kier alpha value is -2.32. The van der Waals surface area contributed by atoms with Crippen LogP contribution in [0.25, 0.3) is 0 Å². The van der Waals surface area contributed by atoms with Crippen molar-refractivity contribution in [2.75, 3.05) is 13.1 Å². The van der Waals surface area contributed by atoms with Crippen molar-refractivity contribution in [3.05, 3.63) is 58.1 Å². The van der Waals surface area contributed by atoms with Gasteiger partial charge in [0.1, 0.15) is 11.0 Å². The van der Waals surface area contributed by atoms with Gasteiger partial charge in [0.2, 0.25) is 0 Å². The van der Waals surface area contributed by atoms with Crippen LogP contribution in [0.5, 0.6) is 0 Å². The minimum atomic E-state index is 0.134. The molecule has 0 atom stereocenters. The standard InChI is InChI=1S/C15H20ClN5/c1-2-21(13(15(19)20)9-14(16)18)8-7-11-3-5-12(10-17)6-4-11/h3-6,9H,2,7-8,18-20H2,1H3/b14-9-. The third-order valence-corrected chi connectivity index (χ3v) is 3.16. The molecule has 1 aromatic carbocycles. The van der Waals surface area contributed by atoms with Crippen LogP contribution in [0.4, 0.5) is 0 Å². The normalized spacial score (nSPS) is 10.8. The Labute approximate surface area is 130 Å². The van der Waals surface area contributed by atoms with Gasteiger partial charge in [0.25, 0.3) is 0 Å². The van der Waals surface area contributed by atoms with Crippen molar-refractivity contribution >= 4 is 11.6 Å². The third kappa shape index (κ3) is 5.28. The number of rotatable bonds is 6. The summed E-state index contributed by atoms with van der Waals surface area (Å²) in [5.74, 6) is 0.181. The monoisotopic (exact) mass is 305 g/mol. The number of benzene rings is 1. The predicted octanol–water partition coefficient (Wildman–Crippen LogP) is 1.55. The highest BCUT2D eigenvalue weighted by atomic mass is 35.5. The molecule has 0 heterocycles. The number of likely N-dealkylation sites (N-methyl/N-ethyl adjacent to an activating group) is 1. The van der Waals surface area contributed by atoms with E-state index in [-0.39, 0.29) is 11.0 Å². The van der Waals surface area contributed by atoms with Gasteiger partial charge in [-0.3, -0.25) is 0 Å². The first kappa shape index (κ1) is 16.7. The van der Waals surface area contributed by atoms with E-state index in [9.17, 15) is 0 Å². The average molecular weight is 306 g/mol. The Morgan fingerprint density at radius 2 is 1.90 bits per heavy atom. The summed E-state index contributed by atoms with van der Waals surface area (Å²) in [5.41, 5.74) is 19.3. The van der Waals surface area contributed by atoms with E-state index < -0.39 is 0 Å². The van der Waals surface area contributed by atoms with E-state index in [2.05, 4.69) is 6.07 Å². The predicted molar refractivity (Wildman–Crippen MR) is 85.6 cm³/mol. The van der Waals surface area contributed by atoms with Crippen LogP contribution in [-0.2, 0) is 6.42 Å². The molecule has 0 aliphatic rings. The molecule has 6 N–H and O–H groups in total. The Morgan fingerprint density at radius 3 is 2.33 bits per heavy atom. The lowest BCUT2D eigenvalue weighted by atomic mass is 10.1. The van der Waals surface area contributed by atoms with Gasteiger partial charge in [0.15, 0.2) is 0 Å². The highest BCUT2D eigenvalue weighted by Gasteiger charge is 2.09. The quantitative estimate of drug-likeness (QED) is 0.546. The Balaban J connectivity index is 2.80. The molecule has 0 bridgehead atoms. The van der Waals surface area contributed by atoms with Crippen molar-refractivity contribution in [2.45, 2.75) is 13.3 Å². The van der Waals surface area contributed by atoms with E-state index in [0.29, 0.717) is 11.3 Å². The van der Waals surface area contributed by atoms with Crippen molar-refractivity contribution in [2.24, 2.45) is 17.2 Å². The van der Waals surface area contributed by atoms with Gasteiger partial charge in [-0.1, -0.05) is 23.7 Å². The highest BCUT2D eigenvalue weighted by Crippen LogP contribution is 2.12. The van der Waals surface area contributed by atoms with Crippen LogP contribution >= 0.6 is 11.6 Å². The highest BCUT2D eigenvalue weighted by molar-refractivity contribution is 6.29. The molecule has 112 valence electrons. The van der Waals surface area contributed by atoms with Crippen LogP contribution in [0.1, 0.15) is 18.1 Å². The molecule has 0 spiro atoms. The molecule has 0 unspecified atom stereocenters. The smallest absolute Gasteiger partial charge is 0.118 e. The van der Waals surface area contributed by atoms with Gasteiger partial charge in [-0.05, 0) is 37.1 Å². The van der Waals surface area contributed by atoms with Crippen molar-refractivity contribution < 1.29 is 0 Å². The first-order valence-corrected chi connectivity index (χ1v) is 6.97. The summed E-state index contributed by atoms with van der Waals surface area (Å²) in [7, 11) is 0. The maximum absolute atomic E-state index is 8.78. The molecule has 0 amide bonds. The lowest BCUT2D eigenvalue weighted by Crippen LogP contribution is -2.29. The van der Waals surface area contributed by atoms with Gasteiger partial charge in [0, 0.05) is 13.1 Å². The largest absolute Gasteiger partial charge is 0.389 e. The van der Waals surface area contributed by atoms with Gasteiger partial charge < -0.3 is 22.1 Å². The summed E-state index contributed by atoms with van der Waals surface area (Å²) >= 11 is 5.70. The van der Waals surface area contributed by atoms with Gasteiger partial charge in [0.05, 0.1) is 17.3 Å². The minimum absolute atomic E-state index is 0.134. The lowest BCUT2D eigenvalue weighted by molar-refractivity contribution is 0.373. The maximum atomic E-state index is 8.78. The molecular formula is C15H20ClN5. The maximum Gasteiger partial charge on any atom is 0.118 e. The van der Waals surface area contributed by atoms with Crippen LogP contribution in [0.2, 0.25) is 0 Å². The number of halogens is 1. The van der Waals surface area contributed by atoms with E-state index in [1.54, 1.807) is 18.2 Å². The Kier molecular flexibility index (Phi) is 6.44. The summed E-state index contributed by atoms with van der Waals surface area (Å²) in [4.78, 5) is 2.00. The zero-order chi connectivity index (χ0) is 15.8. The molecule has 6 heteroatoms. The van der Waals surface area contributed by atoms with E-state index in [4.69, 9.17) is 34.1 Å². The second kappa shape index (κ2) is 8.08. The van der Waals surface area contributed by atoms with Crippen LogP contribution in [0, 0.1) is 11.3 Å². The number of nitriles is 1. The van der Waals surface area contributed by atoms with E-state index in [0.717, 1.165) is 25.1 Å². The zero-order valence-electron chi connectivity index (χ0n) is 12.0. The van der Waals surface area contributed by atoms with Crippen molar-refractivity contribution in [3.8, 4) is 6.07 Å². The van der Waals surface area contributed by atoms with E-state index >= 15 is 0 Å². The lowest BCUT2D eigenvalue weighted by Gasteiger charge is -2.25. The molecule has 0 radical (unpaired) electrons. The average Bonchev–Trinajstić information content (AvgIpc) is 2.46. The van der Waals surface area contributed by atoms with Crippen molar-refractivity contribution in [1.29, 1.82) is 5.26 Å². The van der Waals surface area contributed by atoms with Crippen LogP contribution < -0.4 is 17.2 Å². The molecular weight excluding hydrogens is 286 g/mol. The molecule has 1 rings (SSSR count). The van der Waals surface area contributed by atoms with Crippen LogP contribution in [0.15, 0.2) is 47.0 Å². The zero-order valence-corrected chi connectivity index (χ0v) is 12.8. The van der Waals surface area contributed by atoms with E-state index in [1.807, 2.05) is 24.0 Å². The summed E-state index contributed by atoms with van der Waals surface area (Å²) in [5, 5.41) is 8.91. The molecule has 1 aromatic rings. The van der Waals surface area contributed by atoms with Gasteiger partial charge in [-0.2, -0.15) is 5.26 Å². The topological polar surface area (TPSA) is 105 Å². The van der Waals surface area contributed by atoms with Gasteiger partial charge in [-0.25, -0.2) is 0 Å². The first-order valence-electron chi connectivity index (χ1n) is 6.59. The second-order valence-corrected chi connectivity index (χ2v) is 4.94. The fourth-order valence-electron chi connectivity index (χ4n) is 1.95. The molecule has 0 saturated carbocycles. The van der Waals surface area contributed by atoms with Gasteiger partial charge in [-0.15, -0.1) is 0 Å². The fraction of sp³-hybridized carbons (Fsp3) is 0.267. The number of hydrogen-bond acceptors (Lipinski definition) is 5. The van der Waals surface area contributed by atoms with Gasteiger partial charge >= 0.3 is 0 Å². The molecule has 5 nitrogen and oxygen atoms in total. The summed E-state index contributed by atoms with van der Waals surface area (Å²) < 4.78 is 0. The molecule has 0 aliphatic carbocycles. The fourth-order valence-corrected chi connectivity index (χ4v) is 2.05. The molecule has 21 heavy (non-hydrogen) atoms. The molecule has 0 aliphatic heterocycles. The van der Waals surface area contributed by atoms with Crippen molar-refractivity contribution in [1.82, 2.24) is 4.90 Å². The SMILES string of the molecule is CCN(CCc1ccc(C#N)cc1)C(/C=C(\N)Cl)=C(N)N. The minimum Gasteiger partial charge on any atom is -0.389 e. The number of allylic oxidation sites excluding steroid dienone is 1. The number of hydrogen-bond donors (Lipinski definition) is 3. The van der Waals surface area contributed by atoms with Crippen LogP contribution in [-0.4, -0.2) is 18.0 Å². The summed E-state index contributed by atoms with van der Waals surface area (Å²) in [6.07, 6.45) is 2.35. The van der Waals surface area contributed by atoms with E-state index in [1.165, 1.54) is 0 Å². The van der Waals surface area contributed by atoms with Crippen molar-refractivity contribution in [3.63, 3.8) is 0 Å². The summed E-state index contributed by atoms with van der Waals surface area (Å²) in [6, 6.07) is 9.58. The molecule has 0 saturated heterocycles. The number of nitrogens with two attached hydrogens (primary N) is 3. The third-order valence-electron chi connectivity index (χ3n) is 3.05. The molecule has 0 aromatic heterocycles. The first-order chi connectivity index (χ1) is 9.97.